The van der Waals surface area contributed by atoms with Crippen LogP contribution < -0.4 is 15.5 Å². The molecule has 0 spiro atoms. The number of carbonyl (C=O) groups is 1. The Morgan fingerprint density at radius 1 is 1.10 bits per heavy atom. The van der Waals surface area contributed by atoms with Gasteiger partial charge in [-0.2, -0.15) is 0 Å². The van der Waals surface area contributed by atoms with Crippen molar-refractivity contribution in [2.75, 3.05) is 17.3 Å². The average molecular weight is 426 g/mol. The van der Waals surface area contributed by atoms with Gasteiger partial charge >= 0.3 is 0 Å². The minimum atomic E-state index is -0.484. The number of benzene rings is 2. The van der Waals surface area contributed by atoms with Crippen molar-refractivity contribution in [2.45, 2.75) is 70.5 Å². The number of anilines is 2. The van der Waals surface area contributed by atoms with Crippen molar-refractivity contribution >= 4 is 28.9 Å². The van der Waals surface area contributed by atoms with Gasteiger partial charge in [-0.3, -0.25) is 4.79 Å². The molecular weight excluding hydrogens is 394 g/mol. The summed E-state index contributed by atoms with van der Waals surface area (Å²) < 4.78 is 0. The van der Waals surface area contributed by atoms with Gasteiger partial charge in [0.2, 0.25) is 5.91 Å². The lowest BCUT2D eigenvalue weighted by Crippen LogP contribution is -2.53. The summed E-state index contributed by atoms with van der Waals surface area (Å²) in [4.78, 5) is 14.5. The molecule has 30 heavy (non-hydrogen) atoms. The van der Waals surface area contributed by atoms with Crippen LogP contribution in [0.25, 0.3) is 0 Å². The van der Waals surface area contributed by atoms with E-state index in [2.05, 4.69) is 55.7 Å². The Morgan fingerprint density at radius 2 is 1.77 bits per heavy atom. The van der Waals surface area contributed by atoms with E-state index in [1.54, 1.807) is 4.90 Å². The maximum absolute atomic E-state index is 12.7. The number of nitrogens with zero attached hydrogens (tertiary/aromatic N) is 1. The van der Waals surface area contributed by atoms with Gasteiger partial charge in [0.15, 0.2) is 0 Å². The molecule has 0 aromatic heterocycles. The summed E-state index contributed by atoms with van der Waals surface area (Å²) in [6.45, 7) is 10.6. The van der Waals surface area contributed by atoms with E-state index in [0.717, 1.165) is 40.4 Å². The van der Waals surface area contributed by atoms with Crippen LogP contribution in [0.5, 0.6) is 0 Å². The zero-order valence-electron chi connectivity index (χ0n) is 18.8. The summed E-state index contributed by atoms with van der Waals surface area (Å²) in [5.41, 5.74) is 4.77. The van der Waals surface area contributed by atoms with E-state index in [9.17, 15) is 4.79 Å². The maximum Gasteiger partial charge on any atom is 0.236 e. The van der Waals surface area contributed by atoms with E-state index >= 15 is 0 Å². The summed E-state index contributed by atoms with van der Waals surface area (Å²) in [5, 5.41) is 8.36. The molecule has 2 aliphatic rings. The second-order valence-electron chi connectivity index (χ2n) is 9.72. The van der Waals surface area contributed by atoms with Crippen LogP contribution in [0.3, 0.4) is 0 Å². The quantitative estimate of drug-likeness (QED) is 0.694. The van der Waals surface area contributed by atoms with E-state index in [0.29, 0.717) is 12.1 Å². The highest BCUT2D eigenvalue weighted by atomic mass is 35.5. The van der Waals surface area contributed by atoms with Crippen molar-refractivity contribution in [3.8, 4) is 0 Å². The van der Waals surface area contributed by atoms with Crippen LogP contribution in [0.4, 0.5) is 11.4 Å². The lowest BCUT2D eigenvalue weighted by molar-refractivity contribution is -0.121. The molecular formula is C25H32ClN3O. The second kappa shape index (κ2) is 7.28. The Bertz CT molecular complexity index is 990. The van der Waals surface area contributed by atoms with Gasteiger partial charge in [-0.15, -0.1) is 0 Å². The Hall–Kier alpha value is -2.04. The van der Waals surface area contributed by atoms with Crippen LogP contribution >= 0.6 is 11.6 Å². The van der Waals surface area contributed by atoms with Gasteiger partial charge in [0.1, 0.15) is 0 Å². The standard InChI is InChI=1S/C25H32ClN3O/c1-15-13-25(14-16(2)27-15,19-8-7-9-21(26)17(19)3)28-18-10-11-20-22(12-18)29(6)23(30)24(20,4)5/h7-12,15-16,27-28H,13-14H2,1-6H3/t15-,16+,25?. The number of piperidine rings is 1. The Kier molecular flexibility index (Phi) is 5.14. The third-order valence-electron chi connectivity index (χ3n) is 6.92. The topological polar surface area (TPSA) is 44.4 Å². The van der Waals surface area contributed by atoms with Gasteiger partial charge in [0.05, 0.1) is 11.0 Å². The smallest absolute Gasteiger partial charge is 0.236 e. The summed E-state index contributed by atoms with van der Waals surface area (Å²) >= 11 is 6.53. The molecule has 160 valence electrons. The fraction of sp³-hybridized carbons (Fsp3) is 0.480. The molecule has 5 heteroatoms. The zero-order valence-corrected chi connectivity index (χ0v) is 19.5. The molecule has 1 amide bonds. The number of rotatable bonds is 3. The predicted octanol–water partition coefficient (Wildman–Crippen LogP) is 5.37. The third-order valence-corrected chi connectivity index (χ3v) is 7.33. The third kappa shape index (κ3) is 3.30. The number of hydrogen-bond acceptors (Lipinski definition) is 3. The molecule has 2 aromatic rings. The van der Waals surface area contributed by atoms with Crippen LogP contribution in [0, 0.1) is 6.92 Å². The molecule has 0 aliphatic carbocycles. The molecule has 4 rings (SSSR count). The number of hydrogen-bond donors (Lipinski definition) is 2. The molecule has 1 saturated heterocycles. The number of amides is 1. The normalized spacial score (nSPS) is 27.8. The minimum absolute atomic E-state index is 0.138. The highest BCUT2D eigenvalue weighted by molar-refractivity contribution is 6.31. The fourth-order valence-corrected chi connectivity index (χ4v) is 5.76. The lowest BCUT2D eigenvalue weighted by Gasteiger charge is -2.46. The molecule has 2 aromatic carbocycles. The highest BCUT2D eigenvalue weighted by Crippen LogP contribution is 2.45. The summed E-state index contributed by atoms with van der Waals surface area (Å²) in [5.74, 6) is 0.138. The predicted molar refractivity (Wildman–Crippen MR) is 126 cm³/mol. The van der Waals surface area contributed by atoms with E-state index in [-0.39, 0.29) is 11.4 Å². The monoisotopic (exact) mass is 425 g/mol. The fourth-order valence-electron chi connectivity index (χ4n) is 5.58. The summed E-state index contributed by atoms with van der Waals surface area (Å²) in [6, 6.07) is 13.3. The summed E-state index contributed by atoms with van der Waals surface area (Å²) in [7, 11) is 1.87. The summed E-state index contributed by atoms with van der Waals surface area (Å²) in [6.07, 6.45) is 1.91. The van der Waals surface area contributed by atoms with Crippen molar-refractivity contribution in [1.29, 1.82) is 0 Å². The Labute approximate surface area is 185 Å². The van der Waals surface area contributed by atoms with Gasteiger partial charge in [0.25, 0.3) is 0 Å². The van der Waals surface area contributed by atoms with Gasteiger partial charge in [-0.25, -0.2) is 0 Å². The van der Waals surface area contributed by atoms with Gasteiger partial charge in [0, 0.05) is 35.5 Å². The van der Waals surface area contributed by atoms with E-state index in [1.165, 1.54) is 5.56 Å². The SMILES string of the molecule is Cc1c(Cl)cccc1C1(Nc2ccc3c(c2)N(C)C(=O)C3(C)C)C[C@@H](C)N[C@@H](C)C1. The van der Waals surface area contributed by atoms with Crippen LogP contribution in [0.2, 0.25) is 5.02 Å². The van der Waals surface area contributed by atoms with Gasteiger partial charge < -0.3 is 15.5 Å². The van der Waals surface area contributed by atoms with Gasteiger partial charge in [-0.1, -0.05) is 29.8 Å². The lowest BCUT2D eigenvalue weighted by atomic mass is 9.74. The molecule has 2 aliphatic heterocycles. The Morgan fingerprint density at radius 3 is 2.43 bits per heavy atom. The average Bonchev–Trinajstić information content (AvgIpc) is 2.83. The second-order valence-corrected chi connectivity index (χ2v) is 10.1. The number of likely N-dealkylation sites (N-methyl/N-ethyl adjacent to an activating group) is 1. The van der Waals surface area contributed by atoms with Crippen molar-refractivity contribution in [2.24, 2.45) is 0 Å². The molecule has 0 saturated carbocycles. The van der Waals surface area contributed by atoms with E-state index in [1.807, 2.05) is 33.0 Å². The van der Waals surface area contributed by atoms with E-state index in [4.69, 9.17) is 11.6 Å². The highest BCUT2D eigenvalue weighted by Gasteiger charge is 2.43. The van der Waals surface area contributed by atoms with Gasteiger partial charge in [-0.05, 0) is 82.3 Å². The largest absolute Gasteiger partial charge is 0.375 e. The molecule has 4 nitrogen and oxygen atoms in total. The number of carbonyl (C=O) groups excluding carboxylic acids is 1. The Balaban J connectivity index is 1.80. The zero-order chi connectivity index (χ0) is 21.8. The first-order chi connectivity index (χ1) is 14.0. The molecule has 1 fully saturated rings. The van der Waals surface area contributed by atoms with Crippen LogP contribution in [0.1, 0.15) is 57.2 Å². The first-order valence-electron chi connectivity index (χ1n) is 10.8. The van der Waals surface area contributed by atoms with E-state index < -0.39 is 5.41 Å². The molecule has 2 heterocycles. The van der Waals surface area contributed by atoms with Crippen LogP contribution in [-0.4, -0.2) is 25.0 Å². The minimum Gasteiger partial charge on any atom is -0.375 e. The van der Waals surface area contributed by atoms with Crippen LogP contribution in [0.15, 0.2) is 36.4 Å². The molecule has 0 radical (unpaired) electrons. The molecule has 2 N–H and O–H groups in total. The molecule has 3 atom stereocenters. The molecule has 0 bridgehead atoms. The molecule has 1 unspecified atom stereocenters. The van der Waals surface area contributed by atoms with Crippen molar-refractivity contribution in [1.82, 2.24) is 5.32 Å². The van der Waals surface area contributed by atoms with Crippen molar-refractivity contribution < 1.29 is 4.79 Å². The number of halogens is 1. The van der Waals surface area contributed by atoms with Crippen molar-refractivity contribution in [3.05, 3.63) is 58.1 Å². The van der Waals surface area contributed by atoms with Crippen molar-refractivity contribution in [3.63, 3.8) is 0 Å². The first-order valence-corrected chi connectivity index (χ1v) is 11.2. The maximum atomic E-state index is 12.7. The number of nitrogens with one attached hydrogen (secondary N) is 2. The number of fused-ring (bicyclic) bond motifs is 1. The van der Waals surface area contributed by atoms with Crippen LogP contribution in [-0.2, 0) is 15.7 Å². The first kappa shape index (κ1) is 21.2.